The number of aliphatic carboxylic acids is 1. The lowest BCUT2D eigenvalue weighted by atomic mass is 9.89. The van der Waals surface area contributed by atoms with Crippen molar-refractivity contribution in [2.45, 2.75) is 64.9 Å². The highest BCUT2D eigenvalue weighted by atomic mass is 16.6. The number of nitrogens with one attached hydrogen (secondary N) is 1. The molecule has 0 aromatic carbocycles. The van der Waals surface area contributed by atoms with Gasteiger partial charge in [-0.15, -0.1) is 0 Å². The predicted octanol–water partition coefficient (Wildman–Crippen LogP) is 3.25. The molecule has 0 bridgehead atoms. The van der Waals surface area contributed by atoms with Gasteiger partial charge in [0.1, 0.15) is 5.60 Å². The summed E-state index contributed by atoms with van der Waals surface area (Å²) in [7, 11) is 0. The van der Waals surface area contributed by atoms with Crippen LogP contribution in [0.1, 0.15) is 59.3 Å². The van der Waals surface area contributed by atoms with Gasteiger partial charge in [-0.05, 0) is 52.9 Å². The van der Waals surface area contributed by atoms with Gasteiger partial charge in [0.2, 0.25) is 0 Å². The van der Waals surface area contributed by atoms with Crippen molar-refractivity contribution in [3.63, 3.8) is 0 Å². The van der Waals surface area contributed by atoms with Crippen LogP contribution in [-0.4, -0.2) is 29.3 Å². The fourth-order valence-electron chi connectivity index (χ4n) is 2.30. The molecule has 1 amide bonds. The fraction of sp³-hybridized carbons (Fsp3) is 0.733. The molecule has 20 heavy (non-hydrogen) atoms. The number of ether oxygens (including phenoxy) is 1. The number of carboxylic acids is 1. The largest absolute Gasteiger partial charge is 0.481 e. The van der Waals surface area contributed by atoms with Crippen LogP contribution in [0.2, 0.25) is 0 Å². The summed E-state index contributed by atoms with van der Waals surface area (Å²) in [4.78, 5) is 22.3. The van der Waals surface area contributed by atoms with Crippen molar-refractivity contribution in [3.05, 3.63) is 11.1 Å². The van der Waals surface area contributed by atoms with Gasteiger partial charge in [-0.1, -0.05) is 11.1 Å². The molecule has 1 aliphatic rings. The molecule has 0 aromatic rings. The molecule has 2 N–H and O–H groups in total. The molecule has 0 aliphatic heterocycles. The van der Waals surface area contributed by atoms with Crippen LogP contribution in [0.3, 0.4) is 0 Å². The van der Waals surface area contributed by atoms with Crippen molar-refractivity contribution in [1.29, 1.82) is 0 Å². The number of hydrogen-bond donors (Lipinski definition) is 2. The molecule has 5 heteroatoms. The summed E-state index contributed by atoms with van der Waals surface area (Å²) < 4.78 is 5.20. The van der Waals surface area contributed by atoms with Gasteiger partial charge in [-0.2, -0.15) is 0 Å². The van der Waals surface area contributed by atoms with Crippen LogP contribution >= 0.6 is 0 Å². The Morgan fingerprint density at radius 1 is 1.20 bits per heavy atom. The number of hydrogen-bond acceptors (Lipinski definition) is 3. The Morgan fingerprint density at radius 3 is 2.35 bits per heavy atom. The minimum absolute atomic E-state index is 0.158. The van der Waals surface area contributed by atoms with Crippen molar-refractivity contribution in [1.82, 2.24) is 5.32 Å². The fourth-order valence-corrected chi connectivity index (χ4v) is 2.30. The maximum Gasteiger partial charge on any atom is 0.407 e. The molecule has 1 rings (SSSR count). The van der Waals surface area contributed by atoms with Crippen LogP contribution in [0.5, 0.6) is 0 Å². The van der Waals surface area contributed by atoms with Gasteiger partial charge in [-0.25, -0.2) is 4.79 Å². The molecule has 114 valence electrons. The normalized spacial score (nSPS) is 15.9. The monoisotopic (exact) mass is 283 g/mol. The van der Waals surface area contributed by atoms with Crippen molar-refractivity contribution >= 4 is 12.1 Å². The third-order valence-corrected chi connectivity index (χ3v) is 3.19. The summed E-state index contributed by atoms with van der Waals surface area (Å²) in [5.74, 6) is -0.775. The average molecular weight is 283 g/mol. The van der Waals surface area contributed by atoms with E-state index >= 15 is 0 Å². The maximum absolute atomic E-state index is 11.6. The Bertz CT molecular complexity index is 393. The molecule has 0 radical (unpaired) electrons. The first-order valence-corrected chi connectivity index (χ1v) is 7.16. The van der Waals surface area contributed by atoms with E-state index in [0.717, 1.165) is 25.7 Å². The summed E-state index contributed by atoms with van der Waals surface area (Å²) in [5.41, 5.74) is 1.86. The van der Waals surface area contributed by atoms with Crippen LogP contribution in [-0.2, 0) is 9.53 Å². The second-order valence-electron chi connectivity index (χ2n) is 6.16. The van der Waals surface area contributed by atoms with E-state index in [1.54, 1.807) is 0 Å². The smallest absolute Gasteiger partial charge is 0.407 e. The average Bonchev–Trinajstić information content (AvgIpc) is 2.32. The number of amides is 1. The lowest BCUT2D eigenvalue weighted by molar-refractivity contribution is -0.136. The molecule has 0 fully saturated rings. The molecule has 0 saturated carbocycles. The van der Waals surface area contributed by atoms with E-state index in [1.165, 1.54) is 11.1 Å². The summed E-state index contributed by atoms with van der Waals surface area (Å²) in [6.45, 7) is 5.93. The van der Waals surface area contributed by atoms with Gasteiger partial charge < -0.3 is 15.2 Å². The quantitative estimate of drug-likeness (QED) is 0.759. The minimum atomic E-state index is -0.775. The minimum Gasteiger partial charge on any atom is -0.481 e. The van der Waals surface area contributed by atoms with Gasteiger partial charge in [-0.3, -0.25) is 4.79 Å². The van der Waals surface area contributed by atoms with Crippen LogP contribution in [0.25, 0.3) is 0 Å². The highest BCUT2D eigenvalue weighted by Gasteiger charge is 2.18. The van der Waals surface area contributed by atoms with E-state index in [0.29, 0.717) is 13.0 Å². The SMILES string of the molecule is CC(C)(C)OC(=O)NCC1=C(CCC(=O)O)CCCC1. The molecule has 1 aliphatic carbocycles. The Balaban J connectivity index is 2.53. The maximum atomic E-state index is 11.6. The summed E-state index contributed by atoms with van der Waals surface area (Å²) in [6.07, 6.45) is 4.40. The van der Waals surface area contributed by atoms with Gasteiger partial charge in [0.15, 0.2) is 0 Å². The van der Waals surface area contributed by atoms with Crippen molar-refractivity contribution in [3.8, 4) is 0 Å². The first-order chi connectivity index (χ1) is 9.28. The van der Waals surface area contributed by atoms with Gasteiger partial charge in [0.25, 0.3) is 0 Å². The molecule has 0 saturated heterocycles. The molecule has 0 aromatic heterocycles. The van der Waals surface area contributed by atoms with Crippen molar-refractivity contribution < 1.29 is 19.4 Å². The van der Waals surface area contributed by atoms with E-state index in [4.69, 9.17) is 9.84 Å². The van der Waals surface area contributed by atoms with Crippen LogP contribution in [0.4, 0.5) is 4.79 Å². The number of allylic oxidation sites excluding steroid dienone is 1. The zero-order valence-electron chi connectivity index (χ0n) is 12.6. The number of alkyl carbamates (subject to hydrolysis) is 1. The van der Waals surface area contributed by atoms with Crippen LogP contribution in [0.15, 0.2) is 11.1 Å². The number of rotatable bonds is 5. The van der Waals surface area contributed by atoms with Crippen LogP contribution in [0, 0.1) is 0 Å². The number of carbonyl (C=O) groups is 2. The van der Waals surface area contributed by atoms with Crippen molar-refractivity contribution in [2.75, 3.05) is 6.54 Å². The Labute approximate surface area is 120 Å². The van der Waals surface area contributed by atoms with E-state index < -0.39 is 17.7 Å². The highest BCUT2D eigenvalue weighted by molar-refractivity contribution is 5.68. The molecule has 0 heterocycles. The molecule has 5 nitrogen and oxygen atoms in total. The molecular weight excluding hydrogens is 258 g/mol. The molecule has 0 unspecified atom stereocenters. The second-order valence-corrected chi connectivity index (χ2v) is 6.16. The lowest BCUT2D eigenvalue weighted by Gasteiger charge is -2.23. The Kier molecular flexibility index (Phi) is 6.05. The van der Waals surface area contributed by atoms with Gasteiger partial charge >= 0.3 is 12.1 Å². The van der Waals surface area contributed by atoms with E-state index in [-0.39, 0.29) is 6.42 Å². The standard InChI is InChI=1S/C15H25NO4/c1-15(2,3)20-14(19)16-10-12-7-5-4-6-11(12)8-9-13(17)18/h4-10H2,1-3H3,(H,16,19)(H,17,18). The highest BCUT2D eigenvalue weighted by Crippen LogP contribution is 2.27. The molecule has 0 atom stereocenters. The van der Waals surface area contributed by atoms with E-state index in [9.17, 15) is 9.59 Å². The topological polar surface area (TPSA) is 75.6 Å². The number of carbonyl (C=O) groups excluding carboxylic acids is 1. The summed E-state index contributed by atoms with van der Waals surface area (Å²) >= 11 is 0. The molecule has 0 spiro atoms. The Hall–Kier alpha value is -1.52. The molecular formula is C15H25NO4. The zero-order chi connectivity index (χ0) is 15.2. The third-order valence-electron chi connectivity index (χ3n) is 3.19. The van der Waals surface area contributed by atoms with Gasteiger partial charge in [0.05, 0.1) is 0 Å². The number of carboxylic acid groups (broad SMARTS) is 1. The second kappa shape index (κ2) is 7.31. The van der Waals surface area contributed by atoms with E-state index in [1.807, 2.05) is 20.8 Å². The lowest BCUT2D eigenvalue weighted by Crippen LogP contribution is -2.34. The summed E-state index contributed by atoms with van der Waals surface area (Å²) in [6, 6.07) is 0. The Morgan fingerprint density at radius 2 is 1.80 bits per heavy atom. The van der Waals surface area contributed by atoms with E-state index in [2.05, 4.69) is 5.32 Å². The summed E-state index contributed by atoms with van der Waals surface area (Å²) in [5, 5.41) is 11.5. The van der Waals surface area contributed by atoms with Gasteiger partial charge in [0, 0.05) is 13.0 Å². The predicted molar refractivity (Wildman–Crippen MR) is 76.6 cm³/mol. The first kappa shape index (κ1) is 16.5. The van der Waals surface area contributed by atoms with Crippen molar-refractivity contribution in [2.24, 2.45) is 0 Å². The van der Waals surface area contributed by atoms with Crippen LogP contribution < -0.4 is 5.32 Å². The zero-order valence-corrected chi connectivity index (χ0v) is 12.6. The third kappa shape index (κ3) is 6.59. The first-order valence-electron chi connectivity index (χ1n) is 7.16.